The van der Waals surface area contributed by atoms with Crippen LogP contribution in [0, 0.1) is 5.92 Å². The van der Waals surface area contributed by atoms with Crippen molar-refractivity contribution in [2.24, 2.45) is 5.92 Å². The lowest BCUT2D eigenvalue weighted by Crippen LogP contribution is -2.40. The summed E-state index contributed by atoms with van der Waals surface area (Å²) in [7, 11) is 0. The van der Waals surface area contributed by atoms with Crippen molar-refractivity contribution in [2.45, 2.75) is 32.7 Å². The summed E-state index contributed by atoms with van der Waals surface area (Å²) in [5.74, 6) is 1.69. The quantitative estimate of drug-likeness (QED) is 0.845. The van der Waals surface area contributed by atoms with E-state index in [2.05, 4.69) is 40.0 Å². The molecule has 1 aliphatic heterocycles. The van der Waals surface area contributed by atoms with Crippen molar-refractivity contribution < 1.29 is 4.74 Å². The first kappa shape index (κ1) is 16.8. The van der Waals surface area contributed by atoms with Crippen molar-refractivity contribution in [1.29, 1.82) is 0 Å². The summed E-state index contributed by atoms with van der Waals surface area (Å²) >= 11 is 3.47. The Bertz CT molecular complexity index is 425. The lowest BCUT2D eigenvalue weighted by molar-refractivity contribution is 0.201. The van der Waals surface area contributed by atoms with Crippen molar-refractivity contribution >= 4 is 15.9 Å². The molecule has 4 heteroatoms. The van der Waals surface area contributed by atoms with E-state index in [9.17, 15) is 0 Å². The van der Waals surface area contributed by atoms with Crippen LogP contribution in [0.1, 0.15) is 26.7 Å². The fraction of sp³-hybridized carbons (Fsp3) is 0.647. The van der Waals surface area contributed by atoms with Crippen LogP contribution >= 0.6 is 15.9 Å². The Kier molecular flexibility index (Phi) is 7.00. The highest BCUT2D eigenvalue weighted by atomic mass is 79.9. The summed E-state index contributed by atoms with van der Waals surface area (Å²) in [4.78, 5) is 2.53. The van der Waals surface area contributed by atoms with Gasteiger partial charge in [0, 0.05) is 23.6 Å². The molecule has 0 amide bonds. The Morgan fingerprint density at radius 1 is 1.43 bits per heavy atom. The Morgan fingerprint density at radius 2 is 2.29 bits per heavy atom. The van der Waals surface area contributed by atoms with Gasteiger partial charge >= 0.3 is 0 Å². The first-order valence-electron chi connectivity index (χ1n) is 7.97. The van der Waals surface area contributed by atoms with Gasteiger partial charge in [-0.2, -0.15) is 0 Å². The molecule has 0 aliphatic carbocycles. The van der Waals surface area contributed by atoms with Crippen LogP contribution in [0.2, 0.25) is 0 Å². The maximum atomic E-state index is 5.85. The molecule has 0 spiro atoms. The third kappa shape index (κ3) is 6.37. The largest absolute Gasteiger partial charge is 0.492 e. The van der Waals surface area contributed by atoms with Gasteiger partial charge in [-0.1, -0.05) is 35.8 Å². The summed E-state index contributed by atoms with van der Waals surface area (Å²) in [5, 5.41) is 3.67. The van der Waals surface area contributed by atoms with Crippen LogP contribution in [0.5, 0.6) is 5.75 Å². The first-order valence-corrected chi connectivity index (χ1v) is 8.77. The fourth-order valence-corrected chi connectivity index (χ4v) is 3.23. The lowest BCUT2D eigenvalue weighted by Gasteiger charge is -2.25. The number of rotatable bonds is 6. The van der Waals surface area contributed by atoms with E-state index in [1.807, 2.05) is 24.3 Å². The normalized spacial score (nSPS) is 20.5. The molecule has 21 heavy (non-hydrogen) atoms. The molecule has 0 bridgehead atoms. The van der Waals surface area contributed by atoms with Crippen molar-refractivity contribution in [3.63, 3.8) is 0 Å². The smallest absolute Gasteiger partial charge is 0.120 e. The second-order valence-electron chi connectivity index (χ2n) is 6.24. The highest BCUT2D eigenvalue weighted by Crippen LogP contribution is 2.17. The van der Waals surface area contributed by atoms with Gasteiger partial charge in [0.2, 0.25) is 0 Å². The summed E-state index contributed by atoms with van der Waals surface area (Å²) < 4.78 is 6.92. The average Bonchev–Trinajstić information content (AvgIpc) is 2.63. The van der Waals surface area contributed by atoms with Gasteiger partial charge in [0.25, 0.3) is 0 Å². The van der Waals surface area contributed by atoms with E-state index >= 15 is 0 Å². The van der Waals surface area contributed by atoms with Crippen LogP contribution in [0.3, 0.4) is 0 Å². The van der Waals surface area contributed by atoms with Crippen LogP contribution < -0.4 is 10.1 Å². The second-order valence-corrected chi connectivity index (χ2v) is 7.16. The van der Waals surface area contributed by atoms with E-state index in [1.165, 1.54) is 19.4 Å². The number of nitrogens with zero attached hydrogens (tertiary/aromatic N) is 1. The molecule has 118 valence electrons. The number of hydrogen-bond donors (Lipinski definition) is 1. The molecule has 0 radical (unpaired) electrons. The Hall–Kier alpha value is -0.580. The second kappa shape index (κ2) is 8.76. The van der Waals surface area contributed by atoms with E-state index < -0.39 is 0 Å². The van der Waals surface area contributed by atoms with Gasteiger partial charge in [0.1, 0.15) is 12.4 Å². The maximum absolute atomic E-state index is 5.85. The zero-order chi connectivity index (χ0) is 15.1. The van der Waals surface area contributed by atoms with Crippen LogP contribution in [0.25, 0.3) is 0 Å². The molecule has 1 aromatic rings. The van der Waals surface area contributed by atoms with Gasteiger partial charge < -0.3 is 10.1 Å². The van der Waals surface area contributed by atoms with E-state index in [-0.39, 0.29) is 0 Å². The van der Waals surface area contributed by atoms with Crippen molar-refractivity contribution in [3.8, 4) is 5.75 Å². The molecule has 1 heterocycles. The Morgan fingerprint density at radius 3 is 3.05 bits per heavy atom. The summed E-state index contributed by atoms with van der Waals surface area (Å²) in [6, 6.07) is 8.68. The molecule has 1 unspecified atom stereocenters. The molecule has 1 aliphatic rings. The van der Waals surface area contributed by atoms with E-state index in [0.717, 1.165) is 42.4 Å². The molecule has 1 atom stereocenters. The third-order valence-electron chi connectivity index (χ3n) is 3.79. The minimum atomic E-state index is 0.623. The van der Waals surface area contributed by atoms with Gasteiger partial charge in [-0.15, -0.1) is 0 Å². The zero-order valence-corrected chi connectivity index (χ0v) is 14.7. The molecular formula is C17H27BrN2O. The maximum Gasteiger partial charge on any atom is 0.120 e. The molecule has 0 saturated carbocycles. The van der Waals surface area contributed by atoms with Crippen LogP contribution in [-0.4, -0.2) is 43.7 Å². The van der Waals surface area contributed by atoms with Crippen LogP contribution in [0.4, 0.5) is 0 Å². The lowest BCUT2D eigenvalue weighted by atomic mass is 10.0. The highest BCUT2D eigenvalue weighted by Gasteiger charge is 2.18. The molecule has 2 rings (SSSR count). The molecular weight excluding hydrogens is 328 g/mol. The predicted octanol–water partition coefficient (Wildman–Crippen LogP) is 3.54. The Balaban J connectivity index is 1.76. The van der Waals surface area contributed by atoms with Gasteiger partial charge in [-0.3, -0.25) is 4.90 Å². The van der Waals surface area contributed by atoms with Gasteiger partial charge in [0.15, 0.2) is 0 Å². The number of hydrogen-bond acceptors (Lipinski definition) is 3. The first-order chi connectivity index (χ1) is 10.1. The van der Waals surface area contributed by atoms with Gasteiger partial charge in [0.05, 0.1) is 0 Å². The summed E-state index contributed by atoms with van der Waals surface area (Å²) in [6.45, 7) is 9.80. The number of nitrogens with one attached hydrogen (secondary N) is 1. The molecule has 1 saturated heterocycles. The highest BCUT2D eigenvalue weighted by molar-refractivity contribution is 9.10. The zero-order valence-electron chi connectivity index (χ0n) is 13.1. The van der Waals surface area contributed by atoms with E-state index in [4.69, 9.17) is 4.74 Å². The topological polar surface area (TPSA) is 24.5 Å². The number of benzene rings is 1. The van der Waals surface area contributed by atoms with Crippen LogP contribution in [0.15, 0.2) is 28.7 Å². The van der Waals surface area contributed by atoms with E-state index in [0.29, 0.717) is 6.04 Å². The van der Waals surface area contributed by atoms with Crippen molar-refractivity contribution in [2.75, 3.05) is 32.8 Å². The minimum Gasteiger partial charge on any atom is -0.492 e. The van der Waals surface area contributed by atoms with Gasteiger partial charge in [-0.25, -0.2) is 0 Å². The molecule has 1 N–H and O–H groups in total. The van der Waals surface area contributed by atoms with Crippen molar-refractivity contribution in [1.82, 2.24) is 10.2 Å². The summed E-state index contributed by atoms with van der Waals surface area (Å²) in [5.41, 5.74) is 0. The SMILES string of the molecule is CC(C)CC1CN(CCOc2cccc(Br)c2)CCCN1. The molecule has 3 nitrogen and oxygen atoms in total. The third-order valence-corrected chi connectivity index (χ3v) is 4.28. The molecule has 0 aromatic heterocycles. The standard InChI is InChI=1S/C17H27BrN2O/c1-14(2)11-16-13-20(8-4-7-19-16)9-10-21-17-6-3-5-15(18)12-17/h3,5-6,12,14,16,19H,4,7-11,13H2,1-2H3. The van der Waals surface area contributed by atoms with E-state index in [1.54, 1.807) is 0 Å². The number of halogens is 1. The predicted molar refractivity (Wildman–Crippen MR) is 91.9 cm³/mol. The molecule has 1 aromatic carbocycles. The monoisotopic (exact) mass is 354 g/mol. The minimum absolute atomic E-state index is 0.623. The fourth-order valence-electron chi connectivity index (χ4n) is 2.86. The average molecular weight is 355 g/mol. The van der Waals surface area contributed by atoms with Crippen LogP contribution in [-0.2, 0) is 0 Å². The molecule has 1 fully saturated rings. The summed E-state index contributed by atoms with van der Waals surface area (Å²) in [6.07, 6.45) is 2.48. The Labute approximate surface area is 137 Å². The number of ether oxygens (including phenoxy) is 1. The van der Waals surface area contributed by atoms with Gasteiger partial charge in [-0.05, 0) is 50.0 Å². The van der Waals surface area contributed by atoms with Crippen molar-refractivity contribution in [3.05, 3.63) is 28.7 Å².